The van der Waals surface area contributed by atoms with Crippen LogP contribution in [0.25, 0.3) is 0 Å². The topological polar surface area (TPSA) is 47.6 Å². The van der Waals surface area contributed by atoms with Gasteiger partial charge in [-0.3, -0.25) is 0 Å². The molecule has 0 spiro atoms. The predicted molar refractivity (Wildman–Crippen MR) is 47.6 cm³/mol. The van der Waals surface area contributed by atoms with Crippen LogP contribution in [0.2, 0.25) is 0 Å². The van der Waals surface area contributed by atoms with Gasteiger partial charge in [0.25, 0.3) is 0 Å². The Morgan fingerprint density at radius 1 is 1.09 bits per heavy atom. The van der Waals surface area contributed by atoms with Gasteiger partial charge in [0.1, 0.15) is 0 Å². The van der Waals surface area contributed by atoms with Crippen molar-refractivity contribution in [1.82, 2.24) is 0 Å². The molecule has 0 N–H and O–H groups in total. The summed E-state index contributed by atoms with van der Waals surface area (Å²) in [7, 11) is 0. The zero-order chi connectivity index (χ0) is 9.54. The van der Waals surface area contributed by atoms with Gasteiger partial charge in [-0.1, -0.05) is 33.4 Å². The first-order valence-corrected chi connectivity index (χ1v) is 3.26. The van der Waals surface area contributed by atoms with Crippen molar-refractivity contribution in [1.29, 1.82) is 10.5 Å². The molecule has 2 heteroatoms. The Labute approximate surface area is 69.1 Å². The molecule has 0 aliphatic heterocycles. The molecule has 0 unspecified atom stereocenters. The Kier molecular flexibility index (Phi) is 58.0. The third kappa shape index (κ3) is 1670. The minimum atomic E-state index is 1.18. The van der Waals surface area contributed by atoms with Crippen LogP contribution in [0, 0.1) is 22.7 Å². The van der Waals surface area contributed by atoms with Crippen LogP contribution in [0.15, 0.2) is 25.3 Å². The summed E-state index contributed by atoms with van der Waals surface area (Å²) in [5, 5.41) is 15.0. The molecule has 11 heavy (non-hydrogen) atoms. The van der Waals surface area contributed by atoms with Gasteiger partial charge in [-0.2, -0.15) is 10.5 Å². The molecular formula is C9H14N2. The fourth-order valence-corrected chi connectivity index (χ4v) is 0. The number of nitrogens with zero attached hydrogens (tertiary/aromatic N) is 2. The minimum Gasteiger partial charge on any atom is -0.193 e. The fraction of sp³-hybridized carbons (Fsp3) is 0.333. The first kappa shape index (κ1) is 16.2. The standard InChI is InChI=1S/2C3H3N.C3H8/c2*1-2-3-4;1-3-2/h2*2H,1H2;3H2,1-2H3. The van der Waals surface area contributed by atoms with Gasteiger partial charge >= 0.3 is 0 Å². The summed E-state index contributed by atoms with van der Waals surface area (Å²) >= 11 is 0. The van der Waals surface area contributed by atoms with Crippen LogP contribution in [-0.2, 0) is 0 Å². The molecule has 0 amide bonds. The Balaban J connectivity index is -0.0000000886. The monoisotopic (exact) mass is 150 g/mol. The largest absolute Gasteiger partial charge is 0.193 e. The quantitative estimate of drug-likeness (QED) is 0.498. The van der Waals surface area contributed by atoms with E-state index in [1.165, 1.54) is 18.6 Å². The summed E-state index contributed by atoms with van der Waals surface area (Å²) < 4.78 is 0. The van der Waals surface area contributed by atoms with Gasteiger partial charge in [-0.25, -0.2) is 0 Å². The molecule has 2 nitrogen and oxygen atoms in total. The molecule has 0 radical (unpaired) electrons. The lowest BCUT2D eigenvalue weighted by molar-refractivity contribution is 1.09. The van der Waals surface area contributed by atoms with Crippen molar-refractivity contribution < 1.29 is 0 Å². The van der Waals surface area contributed by atoms with Crippen LogP contribution in [0.4, 0.5) is 0 Å². The third-order valence-electron chi connectivity index (χ3n) is 0.183. The maximum Gasteiger partial charge on any atom is 0.0905 e. The van der Waals surface area contributed by atoms with E-state index < -0.39 is 0 Å². The van der Waals surface area contributed by atoms with Gasteiger partial charge in [-0.05, 0) is 0 Å². The molecular weight excluding hydrogens is 136 g/mol. The number of allylic oxidation sites excluding steroid dienone is 2. The van der Waals surface area contributed by atoms with E-state index in [0.29, 0.717) is 0 Å². The smallest absolute Gasteiger partial charge is 0.0905 e. The number of hydrogen-bond donors (Lipinski definition) is 0. The lowest BCUT2D eigenvalue weighted by Gasteiger charge is -1.48. The van der Waals surface area contributed by atoms with Crippen molar-refractivity contribution in [2.75, 3.05) is 0 Å². The van der Waals surface area contributed by atoms with Crippen LogP contribution < -0.4 is 0 Å². The first-order valence-electron chi connectivity index (χ1n) is 3.26. The van der Waals surface area contributed by atoms with Gasteiger partial charge in [0, 0.05) is 12.2 Å². The van der Waals surface area contributed by atoms with Crippen molar-refractivity contribution in [2.45, 2.75) is 20.3 Å². The first-order chi connectivity index (χ1) is 5.24. The van der Waals surface area contributed by atoms with Crippen LogP contribution in [-0.4, -0.2) is 0 Å². The maximum atomic E-state index is 7.51. The van der Waals surface area contributed by atoms with E-state index in [1.807, 2.05) is 0 Å². The van der Waals surface area contributed by atoms with E-state index in [-0.39, 0.29) is 0 Å². The molecule has 0 atom stereocenters. The Bertz CT molecular complexity index is 128. The molecule has 0 bridgehead atoms. The lowest BCUT2D eigenvalue weighted by Crippen LogP contribution is -1.27. The Morgan fingerprint density at radius 2 is 1.18 bits per heavy atom. The molecule has 0 saturated carbocycles. The normalized spacial score (nSPS) is 4.36. The average Bonchev–Trinajstić information content (AvgIpc) is 2.06. The van der Waals surface area contributed by atoms with Crippen LogP contribution in [0.1, 0.15) is 20.3 Å². The highest BCUT2D eigenvalue weighted by molar-refractivity contribution is 4.93. The molecule has 0 aromatic carbocycles. The lowest BCUT2D eigenvalue weighted by atomic mass is 10.6. The molecule has 0 rings (SSSR count). The predicted octanol–water partition coefficient (Wildman–Crippen LogP) is 2.81. The summed E-state index contributed by atoms with van der Waals surface area (Å²) in [5.74, 6) is 0. The molecule has 60 valence electrons. The van der Waals surface area contributed by atoms with Crippen molar-refractivity contribution in [2.24, 2.45) is 0 Å². The Morgan fingerprint density at radius 3 is 1.18 bits per heavy atom. The van der Waals surface area contributed by atoms with E-state index in [1.54, 1.807) is 12.1 Å². The third-order valence-corrected chi connectivity index (χ3v) is 0.183. The van der Waals surface area contributed by atoms with Crippen LogP contribution in [0.5, 0.6) is 0 Å². The van der Waals surface area contributed by atoms with E-state index >= 15 is 0 Å². The van der Waals surface area contributed by atoms with Crippen molar-refractivity contribution in [3.8, 4) is 12.1 Å². The second kappa shape index (κ2) is 39.3. The molecule has 0 saturated heterocycles. The summed E-state index contributed by atoms with van der Waals surface area (Å²) in [6.45, 7) is 10.5. The van der Waals surface area contributed by atoms with E-state index in [2.05, 4.69) is 27.0 Å². The van der Waals surface area contributed by atoms with Gasteiger partial charge in [-0.15, -0.1) is 0 Å². The Hall–Kier alpha value is -1.54. The summed E-state index contributed by atoms with van der Waals surface area (Å²) in [4.78, 5) is 0. The molecule has 0 aliphatic rings. The molecule has 0 aromatic rings. The number of rotatable bonds is 0. The van der Waals surface area contributed by atoms with E-state index in [0.717, 1.165) is 0 Å². The second-order valence-corrected chi connectivity index (χ2v) is 1.37. The number of hydrogen-bond acceptors (Lipinski definition) is 2. The van der Waals surface area contributed by atoms with E-state index in [9.17, 15) is 0 Å². The zero-order valence-electron chi connectivity index (χ0n) is 7.17. The summed E-state index contributed by atoms with van der Waals surface area (Å²) in [5.41, 5.74) is 0. The van der Waals surface area contributed by atoms with Crippen LogP contribution in [0.3, 0.4) is 0 Å². The summed E-state index contributed by atoms with van der Waals surface area (Å²) in [6, 6.07) is 3.39. The molecule has 0 fully saturated rings. The average molecular weight is 150 g/mol. The highest BCUT2D eigenvalue weighted by Gasteiger charge is 1.35. The minimum absolute atomic E-state index is 1.18. The van der Waals surface area contributed by atoms with Gasteiger partial charge in [0.2, 0.25) is 0 Å². The second-order valence-electron chi connectivity index (χ2n) is 1.37. The van der Waals surface area contributed by atoms with Gasteiger partial charge < -0.3 is 0 Å². The molecule has 0 aliphatic carbocycles. The van der Waals surface area contributed by atoms with Gasteiger partial charge in [0.15, 0.2) is 0 Å². The van der Waals surface area contributed by atoms with Crippen molar-refractivity contribution >= 4 is 0 Å². The fourth-order valence-electron chi connectivity index (χ4n) is 0. The summed E-state index contributed by atoms with van der Waals surface area (Å²) in [6.07, 6.45) is 3.61. The highest BCUT2D eigenvalue weighted by Crippen LogP contribution is 1.56. The van der Waals surface area contributed by atoms with E-state index in [4.69, 9.17) is 10.5 Å². The number of nitriles is 2. The van der Waals surface area contributed by atoms with Crippen molar-refractivity contribution in [3.05, 3.63) is 25.3 Å². The zero-order valence-corrected chi connectivity index (χ0v) is 7.17. The van der Waals surface area contributed by atoms with Gasteiger partial charge in [0.05, 0.1) is 12.1 Å². The van der Waals surface area contributed by atoms with Crippen molar-refractivity contribution in [3.63, 3.8) is 0 Å². The molecule has 0 heterocycles. The SMILES string of the molecule is C=CC#N.C=CC#N.CCC. The molecule has 0 aromatic heterocycles. The van der Waals surface area contributed by atoms with Crippen LogP contribution >= 0.6 is 0 Å². The maximum absolute atomic E-state index is 7.51. The highest BCUT2D eigenvalue weighted by atomic mass is 14.2.